The van der Waals surface area contributed by atoms with E-state index in [1.165, 1.54) is 35.8 Å². The Morgan fingerprint density at radius 2 is 1.95 bits per heavy atom. The predicted octanol–water partition coefficient (Wildman–Crippen LogP) is 2.99. The maximum Gasteiger partial charge on any atom is 0.129 e. The summed E-state index contributed by atoms with van der Waals surface area (Å²) in [5, 5.41) is 1.23. The Labute approximate surface area is 114 Å². The number of aryl methyl sites for hydroxylation is 1. The van der Waals surface area contributed by atoms with Crippen LogP contribution in [0.1, 0.15) is 30.4 Å². The maximum atomic E-state index is 5.71. The highest BCUT2D eigenvalue weighted by molar-refractivity contribution is 5.84. The van der Waals surface area contributed by atoms with Crippen molar-refractivity contribution in [1.29, 1.82) is 0 Å². The highest BCUT2D eigenvalue weighted by Gasteiger charge is 2.13. The van der Waals surface area contributed by atoms with Gasteiger partial charge in [-0.05, 0) is 55.5 Å². The molecule has 0 saturated carbocycles. The highest BCUT2D eigenvalue weighted by Crippen LogP contribution is 2.25. The van der Waals surface area contributed by atoms with Crippen molar-refractivity contribution >= 4 is 16.7 Å². The number of anilines is 1. The van der Waals surface area contributed by atoms with Gasteiger partial charge in [-0.1, -0.05) is 6.07 Å². The lowest BCUT2D eigenvalue weighted by Gasteiger charge is -2.28. The zero-order valence-electron chi connectivity index (χ0n) is 11.5. The largest absolute Gasteiger partial charge is 0.357 e. The monoisotopic (exact) mass is 255 g/mol. The van der Waals surface area contributed by atoms with Crippen molar-refractivity contribution in [2.45, 2.75) is 32.7 Å². The van der Waals surface area contributed by atoms with Gasteiger partial charge in [0.2, 0.25) is 0 Å². The fourth-order valence-corrected chi connectivity index (χ4v) is 2.84. The molecule has 0 atom stereocenters. The third kappa shape index (κ3) is 2.43. The quantitative estimate of drug-likeness (QED) is 0.897. The first-order valence-corrected chi connectivity index (χ1v) is 7.13. The zero-order valence-corrected chi connectivity index (χ0v) is 11.5. The molecule has 0 radical (unpaired) electrons. The summed E-state index contributed by atoms with van der Waals surface area (Å²) in [6.07, 6.45) is 3.92. The lowest BCUT2D eigenvalue weighted by molar-refractivity contribution is 0.574. The Morgan fingerprint density at radius 1 is 1.16 bits per heavy atom. The van der Waals surface area contributed by atoms with Gasteiger partial charge in [-0.25, -0.2) is 4.98 Å². The van der Waals surface area contributed by atoms with Crippen LogP contribution in [-0.2, 0) is 6.54 Å². The topological polar surface area (TPSA) is 42.2 Å². The van der Waals surface area contributed by atoms with Crippen LogP contribution in [0.25, 0.3) is 10.9 Å². The molecule has 1 aliphatic rings. The van der Waals surface area contributed by atoms with Crippen molar-refractivity contribution in [2.24, 2.45) is 5.73 Å². The molecule has 0 aliphatic carbocycles. The maximum absolute atomic E-state index is 5.71. The van der Waals surface area contributed by atoms with Gasteiger partial charge in [0.15, 0.2) is 0 Å². The van der Waals surface area contributed by atoms with Crippen LogP contribution in [0.2, 0.25) is 0 Å². The average molecular weight is 255 g/mol. The second-order valence-electron chi connectivity index (χ2n) is 5.40. The number of aromatic nitrogens is 1. The molecule has 100 valence electrons. The minimum Gasteiger partial charge on any atom is -0.357 e. The molecule has 1 aromatic heterocycles. The minimum absolute atomic E-state index is 0.587. The molecule has 1 aliphatic heterocycles. The van der Waals surface area contributed by atoms with Crippen molar-refractivity contribution in [3.8, 4) is 0 Å². The molecular weight excluding hydrogens is 234 g/mol. The first kappa shape index (κ1) is 12.4. The molecule has 0 spiro atoms. The third-order valence-corrected chi connectivity index (χ3v) is 3.98. The molecule has 19 heavy (non-hydrogen) atoms. The van der Waals surface area contributed by atoms with E-state index in [-0.39, 0.29) is 0 Å². The Bertz CT molecular complexity index is 586. The number of hydrogen-bond acceptors (Lipinski definition) is 3. The Morgan fingerprint density at radius 3 is 2.68 bits per heavy atom. The number of hydrogen-bond donors (Lipinski definition) is 1. The standard InChI is InChI=1S/C16H21N3/c1-12-9-16(19-7-3-2-4-8-19)18-15-6-5-13(11-17)10-14(12)15/h5-6,9-10H,2-4,7-8,11,17H2,1H3. The van der Waals surface area contributed by atoms with E-state index in [9.17, 15) is 0 Å². The molecule has 2 aromatic rings. The molecule has 1 saturated heterocycles. The van der Waals surface area contributed by atoms with E-state index < -0.39 is 0 Å². The minimum atomic E-state index is 0.587. The third-order valence-electron chi connectivity index (χ3n) is 3.98. The molecule has 3 heteroatoms. The average Bonchev–Trinajstić information content (AvgIpc) is 2.48. The second-order valence-corrected chi connectivity index (χ2v) is 5.40. The summed E-state index contributed by atoms with van der Waals surface area (Å²) < 4.78 is 0. The highest BCUT2D eigenvalue weighted by atomic mass is 15.2. The van der Waals surface area contributed by atoms with Crippen molar-refractivity contribution in [1.82, 2.24) is 4.98 Å². The number of nitrogens with zero attached hydrogens (tertiary/aromatic N) is 2. The second kappa shape index (κ2) is 5.17. The van der Waals surface area contributed by atoms with Gasteiger partial charge < -0.3 is 10.6 Å². The van der Waals surface area contributed by atoms with Gasteiger partial charge in [0, 0.05) is 25.0 Å². The predicted molar refractivity (Wildman–Crippen MR) is 80.4 cm³/mol. The lowest BCUT2D eigenvalue weighted by atomic mass is 10.1. The van der Waals surface area contributed by atoms with Crippen LogP contribution < -0.4 is 10.6 Å². The summed E-state index contributed by atoms with van der Waals surface area (Å²) in [4.78, 5) is 7.23. The fourth-order valence-electron chi connectivity index (χ4n) is 2.84. The summed E-state index contributed by atoms with van der Waals surface area (Å²) in [6.45, 7) is 5.03. The van der Waals surface area contributed by atoms with E-state index in [1.807, 2.05) is 0 Å². The number of fused-ring (bicyclic) bond motifs is 1. The van der Waals surface area contributed by atoms with Crippen LogP contribution in [0, 0.1) is 6.92 Å². The van der Waals surface area contributed by atoms with Gasteiger partial charge in [-0.3, -0.25) is 0 Å². The Balaban J connectivity index is 2.03. The molecule has 1 aromatic carbocycles. The van der Waals surface area contributed by atoms with Crippen LogP contribution in [0.4, 0.5) is 5.82 Å². The van der Waals surface area contributed by atoms with E-state index in [0.717, 1.165) is 24.4 Å². The van der Waals surface area contributed by atoms with Gasteiger partial charge in [0.25, 0.3) is 0 Å². The molecule has 2 N–H and O–H groups in total. The summed E-state index contributed by atoms with van der Waals surface area (Å²) in [5.74, 6) is 1.13. The normalized spacial score (nSPS) is 16.0. The van der Waals surface area contributed by atoms with Crippen LogP contribution in [0.3, 0.4) is 0 Å². The van der Waals surface area contributed by atoms with Crippen LogP contribution in [0.5, 0.6) is 0 Å². The van der Waals surface area contributed by atoms with Gasteiger partial charge in [-0.2, -0.15) is 0 Å². The van der Waals surface area contributed by atoms with Crippen molar-refractivity contribution in [3.63, 3.8) is 0 Å². The lowest BCUT2D eigenvalue weighted by Crippen LogP contribution is -2.30. The van der Waals surface area contributed by atoms with Gasteiger partial charge >= 0.3 is 0 Å². The number of piperidine rings is 1. The molecule has 2 heterocycles. The van der Waals surface area contributed by atoms with Crippen LogP contribution in [-0.4, -0.2) is 18.1 Å². The summed E-state index contributed by atoms with van der Waals surface area (Å²) in [7, 11) is 0. The van der Waals surface area contributed by atoms with Gasteiger partial charge in [-0.15, -0.1) is 0 Å². The first-order chi connectivity index (χ1) is 9.28. The van der Waals surface area contributed by atoms with Crippen molar-refractivity contribution in [3.05, 3.63) is 35.4 Å². The molecule has 0 unspecified atom stereocenters. The first-order valence-electron chi connectivity index (χ1n) is 7.13. The SMILES string of the molecule is Cc1cc(N2CCCCC2)nc2ccc(CN)cc12. The molecule has 0 bridgehead atoms. The Kier molecular flexibility index (Phi) is 3.38. The van der Waals surface area contributed by atoms with E-state index >= 15 is 0 Å². The smallest absolute Gasteiger partial charge is 0.129 e. The van der Waals surface area contributed by atoms with E-state index in [1.54, 1.807) is 0 Å². The Hall–Kier alpha value is -1.61. The number of nitrogens with two attached hydrogens (primary N) is 1. The fraction of sp³-hybridized carbons (Fsp3) is 0.438. The van der Waals surface area contributed by atoms with E-state index in [4.69, 9.17) is 10.7 Å². The summed E-state index contributed by atoms with van der Waals surface area (Å²) in [5.41, 5.74) is 9.25. The van der Waals surface area contributed by atoms with E-state index in [0.29, 0.717) is 6.54 Å². The van der Waals surface area contributed by atoms with Gasteiger partial charge in [0.05, 0.1) is 5.52 Å². The number of pyridine rings is 1. The molecule has 1 fully saturated rings. The summed E-state index contributed by atoms with van der Waals surface area (Å²) in [6, 6.07) is 8.55. The number of benzene rings is 1. The molecule has 0 amide bonds. The molecule has 3 nitrogen and oxygen atoms in total. The van der Waals surface area contributed by atoms with E-state index in [2.05, 4.69) is 36.1 Å². The molecule has 3 rings (SSSR count). The molecular formula is C16H21N3. The van der Waals surface area contributed by atoms with Crippen LogP contribution >= 0.6 is 0 Å². The van der Waals surface area contributed by atoms with Gasteiger partial charge in [0.1, 0.15) is 5.82 Å². The summed E-state index contributed by atoms with van der Waals surface area (Å²) >= 11 is 0. The number of rotatable bonds is 2. The van der Waals surface area contributed by atoms with Crippen molar-refractivity contribution < 1.29 is 0 Å². The zero-order chi connectivity index (χ0) is 13.2. The van der Waals surface area contributed by atoms with Crippen molar-refractivity contribution in [2.75, 3.05) is 18.0 Å². The van der Waals surface area contributed by atoms with Crippen LogP contribution in [0.15, 0.2) is 24.3 Å².